The molecule has 1 atom stereocenters. The van der Waals surface area contributed by atoms with Gasteiger partial charge in [0.15, 0.2) is 0 Å². The fraction of sp³-hybridized carbons (Fsp3) is 0.667. The third-order valence-corrected chi connectivity index (χ3v) is 1.72. The summed E-state index contributed by atoms with van der Waals surface area (Å²) in [5, 5.41) is 16.9. The van der Waals surface area contributed by atoms with Crippen LogP contribution >= 0.6 is 0 Å². The highest BCUT2D eigenvalue weighted by Crippen LogP contribution is 2.00. The standard InChI is InChI=1S/C9H13N3O2/c1-3-14-9(13)8(2)12(6-4-10)7-5-11/h8H,3,6-7H2,1-2H3. The number of hydrogen-bond donors (Lipinski definition) is 0. The molecule has 0 spiro atoms. The summed E-state index contributed by atoms with van der Waals surface area (Å²) in [6, 6.07) is 3.25. The Kier molecular flexibility index (Phi) is 6.09. The van der Waals surface area contributed by atoms with E-state index in [1.165, 1.54) is 4.90 Å². The molecule has 0 aliphatic heterocycles. The minimum Gasteiger partial charge on any atom is -0.465 e. The van der Waals surface area contributed by atoms with Gasteiger partial charge in [-0.2, -0.15) is 10.5 Å². The second-order valence-electron chi connectivity index (χ2n) is 2.65. The number of nitrogens with zero attached hydrogens (tertiary/aromatic N) is 3. The predicted octanol–water partition coefficient (Wildman–Crippen LogP) is 0.287. The van der Waals surface area contributed by atoms with Crippen molar-refractivity contribution in [1.82, 2.24) is 4.90 Å². The van der Waals surface area contributed by atoms with Crippen molar-refractivity contribution in [3.8, 4) is 12.1 Å². The molecule has 5 heteroatoms. The summed E-state index contributed by atoms with van der Waals surface area (Å²) in [5.41, 5.74) is 0. The fourth-order valence-corrected chi connectivity index (χ4v) is 0.923. The van der Waals surface area contributed by atoms with Crippen LogP contribution in [-0.2, 0) is 9.53 Å². The molecule has 0 saturated carbocycles. The van der Waals surface area contributed by atoms with Crippen molar-refractivity contribution in [3.63, 3.8) is 0 Å². The monoisotopic (exact) mass is 195 g/mol. The lowest BCUT2D eigenvalue weighted by Gasteiger charge is -2.21. The summed E-state index contributed by atoms with van der Waals surface area (Å²) in [6.45, 7) is 3.73. The molecule has 0 N–H and O–H groups in total. The highest BCUT2D eigenvalue weighted by Gasteiger charge is 2.21. The molecular weight excluding hydrogens is 182 g/mol. The summed E-state index contributed by atoms with van der Waals surface area (Å²) in [7, 11) is 0. The normalized spacial score (nSPS) is 11.5. The van der Waals surface area contributed by atoms with Crippen LogP contribution in [0.1, 0.15) is 13.8 Å². The van der Waals surface area contributed by atoms with Crippen LogP contribution < -0.4 is 0 Å². The molecule has 5 nitrogen and oxygen atoms in total. The van der Waals surface area contributed by atoms with Gasteiger partial charge in [-0.1, -0.05) is 0 Å². The molecule has 76 valence electrons. The Labute approximate surface area is 83.5 Å². The Bertz CT molecular complexity index is 248. The highest BCUT2D eigenvalue weighted by atomic mass is 16.5. The van der Waals surface area contributed by atoms with Crippen molar-refractivity contribution >= 4 is 5.97 Å². The van der Waals surface area contributed by atoms with Gasteiger partial charge in [0.05, 0.1) is 31.8 Å². The Balaban J connectivity index is 4.29. The number of carbonyl (C=O) groups excluding carboxylic acids is 1. The quantitative estimate of drug-likeness (QED) is 0.465. The first-order chi connectivity index (χ1) is 6.67. The van der Waals surface area contributed by atoms with Crippen LogP contribution in [0.15, 0.2) is 0 Å². The van der Waals surface area contributed by atoms with Gasteiger partial charge in [0.2, 0.25) is 0 Å². The van der Waals surface area contributed by atoms with Crippen molar-refractivity contribution in [1.29, 1.82) is 10.5 Å². The summed E-state index contributed by atoms with van der Waals surface area (Å²) >= 11 is 0. The van der Waals surface area contributed by atoms with Crippen LogP contribution in [0.3, 0.4) is 0 Å². The summed E-state index contributed by atoms with van der Waals surface area (Å²) in [5.74, 6) is -0.405. The molecule has 0 aliphatic rings. The maximum absolute atomic E-state index is 11.3. The van der Waals surface area contributed by atoms with Crippen LogP contribution in [0, 0.1) is 22.7 Å². The Morgan fingerprint density at radius 1 is 1.43 bits per heavy atom. The van der Waals surface area contributed by atoms with Gasteiger partial charge >= 0.3 is 5.97 Å². The third-order valence-electron chi connectivity index (χ3n) is 1.72. The van der Waals surface area contributed by atoms with E-state index >= 15 is 0 Å². The van der Waals surface area contributed by atoms with Crippen molar-refractivity contribution in [2.45, 2.75) is 19.9 Å². The predicted molar refractivity (Wildman–Crippen MR) is 48.9 cm³/mol. The van der Waals surface area contributed by atoms with Crippen molar-refractivity contribution < 1.29 is 9.53 Å². The molecule has 0 radical (unpaired) electrons. The average Bonchev–Trinajstić information content (AvgIpc) is 2.17. The van der Waals surface area contributed by atoms with Crippen LogP contribution in [0.2, 0.25) is 0 Å². The van der Waals surface area contributed by atoms with E-state index in [0.29, 0.717) is 6.61 Å². The lowest BCUT2D eigenvalue weighted by molar-refractivity contribution is -0.148. The van der Waals surface area contributed by atoms with E-state index in [9.17, 15) is 4.79 Å². The average molecular weight is 195 g/mol. The zero-order valence-electron chi connectivity index (χ0n) is 8.36. The molecule has 1 unspecified atom stereocenters. The van der Waals surface area contributed by atoms with Crippen LogP contribution in [0.4, 0.5) is 0 Å². The molecule has 0 aromatic rings. The third kappa shape index (κ3) is 3.88. The number of nitriles is 2. The largest absolute Gasteiger partial charge is 0.465 e. The molecule has 0 fully saturated rings. The fourth-order valence-electron chi connectivity index (χ4n) is 0.923. The molecule has 0 amide bonds. The van der Waals surface area contributed by atoms with Gasteiger partial charge in [0.1, 0.15) is 6.04 Å². The molecule has 0 saturated heterocycles. The highest BCUT2D eigenvalue weighted by molar-refractivity contribution is 5.75. The van der Waals surface area contributed by atoms with Crippen molar-refractivity contribution in [2.24, 2.45) is 0 Å². The van der Waals surface area contributed by atoms with Gasteiger partial charge in [-0.25, -0.2) is 0 Å². The number of carbonyl (C=O) groups is 1. The van der Waals surface area contributed by atoms with E-state index in [2.05, 4.69) is 0 Å². The van der Waals surface area contributed by atoms with E-state index in [0.717, 1.165) is 0 Å². The van der Waals surface area contributed by atoms with Gasteiger partial charge < -0.3 is 4.74 Å². The minimum atomic E-state index is -0.547. The Hall–Kier alpha value is -1.59. The van der Waals surface area contributed by atoms with Crippen LogP contribution in [-0.4, -0.2) is 36.6 Å². The Morgan fingerprint density at radius 2 is 1.93 bits per heavy atom. The van der Waals surface area contributed by atoms with Gasteiger partial charge in [-0.3, -0.25) is 9.69 Å². The minimum absolute atomic E-state index is 0.0491. The molecule has 0 rings (SSSR count). The van der Waals surface area contributed by atoms with E-state index in [1.807, 2.05) is 12.1 Å². The number of ether oxygens (including phenoxy) is 1. The van der Waals surface area contributed by atoms with Crippen LogP contribution in [0.5, 0.6) is 0 Å². The van der Waals surface area contributed by atoms with Gasteiger partial charge in [-0.05, 0) is 13.8 Å². The van der Waals surface area contributed by atoms with E-state index < -0.39 is 12.0 Å². The van der Waals surface area contributed by atoms with E-state index in [4.69, 9.17) is 15.3 Å². The van der Waals surface area contributed by atoms with Crippen molar-refractivity contribution in [2.75, 3.05) is 19.7 Å². The second-order valence-corrected chi connectivity index (χ2v) is 2.65. The Morgan fingerprint density at radius 3 is 2.29 bits per heavy atom. The first kappa shape index (κ1) is 12.4. The first-order valence-electron chi connectivity index (χ1n) is 4.32. The first-order valence-corrected chi connectivity index (χ1v) is 4.32. The zero-order valence-corrected chi connectivity index (χ0v) is 8.36. The maximum Gasteiger partial charge on any atom is 0.323 e. The molecule has 0 heterocycles. The van der Waals surface area contributed by atoms with Gasteiger partial charge in [0.25, 0.3) is 0 Å². The lowest BCUT2D eigenvalue weighted by atomic mass is 10.3. The molecule has 14 heavy (non-hydrogen) atoms. The van der Waals surface area contributed by atoms with Gasteiger partial charge in [-0.15, -0.1) is 0 Å². The van der Waals surface area contributed by atoms with E-state index in [1.54, 1.807) is 13.8 Å². The van der Waals surface area contributed by atoms with Gasteiger partial charge in [0, 0.05) is 0 Å². The summed E-state index contributed by atoms with van der Waals surface area (Å²) < 4.78 is 4.78. The molecule has 0 aromatic carbocycles. The molecule has 0 aromatic heterocycles. The summed E-state index contributed by atoms with van der Waals surface area (Å²) in [4.78, 5) is 12.7. The second kappa shape index (κ2) is 6.88. The van der Waals surface area contributed by atoms with Crippen LogP contribution in [0.25, 0.3) is 0 Å². The van der Waals surface area contributed by atoms with E-state index in [-0.39, 0.29) is 13.1 Å². The number of rotatable bonds is 5. The molecular formula is C9H13N3O2. The molecule has 0 aliphatic carbocycles. The number of esters is 1. The topological polar surface area (TPSA) is 77.1 Å². The van der Waals surface area contributed by atoms with Crippen molar-refractivity contribution in [3.05, 3.63) is 0 Å². The lowest BCUT2D eigenvalue weighted by Crippen LogP contribution is -2.40. The zero-order chi connectivity index (χ0) is 11.0. The molecule has 0 bridgehead atoms. The summed E-state index contributed by atoms with van der Waals surface area (Å²) in [6.07, 6.45) is 0. The maximum atomic E-state index is 11.3. The smallest absolute Gasteiger partial charge is 0.323 e. The SMILES string of the molecule is CCOC(=O)C(C)N(CC#N)CC#N. The number of hydrogen-bond acceptors (Lipinski definition) is 5.